The van der Waals surface area contributed by atoms with Crippen LogP contribution in [-0.2, 0) is 11.7 Å². The van der Waals surface area contributed by atoms with Crippen molar-refractivity contribution in [1.29, 1.82) is 0 Å². The Morgan fingerprint density at radius 1 is 1.11 bits per heavy atom. The molecule has 2 nitrogen and oxygen atoms in total. The van der Waals surface area contributed by atoms with E-state index in [-0.39, 0.29) is 5.75 Å². The van der Waals surface area contributed by atoms with Gasteiger partial charge in [-0.3, -0.25) is 5.11 Å². The number of benzene rings is 2. The lowest BCUT2D eigenvalue weighted by atomic mass is 10.2. The van der Waals surface area contributed by atoms with Crippen LogP contribution < -0.4 is 0 Å². The van der Waals surface area contributed by atoms with Gasteiger partial charge in [0, 0.05) is 17.0 Å². The Morgan fingerprint density at radius 3 is 2.58 bits per heavy atom. The summed E-state index contributed by atoms with van der Waals surface area (Å²) in [5.41, 5.74) is 2.82. The molecule has 0 spiro atoms. The predicted molar refractivity (Wildman–Crippen MR) is 77.4 cm³/mol. The van der Waals surface area contributed by atoms with Crippen molar-refractivity contribution in [3.8, 4) is 5.75 Å². The minimum Gasteiger partial charge on any atom is -0.337 e. The molecule has 0 aliphatic carbocycles. The van der Waals surface area contributed by atoms with Crippen molar-refractivity contribution in [2.75, 3.05) is 0 Å². The maximum Gasteiger partial charge on any atom is 0.206 e. The van der Waals surface area contributed by atoms with Crippen molar-refractivity contribution in [2.45, 2.75) is 13.5 Å². The fourth-order valence-corrected chi connectivity index (χ4v) is 2.55. The highest BCUT2D eigenvalue weighted by Gasteiger charge is 2.15. The van der Waals surface area contributed by atoms with E-state index in [0.717, 1.165) is 16.6 Å². The molecule has 0 bridgehead atoms. The molecule has 1 aromatic heterocycles. The first-order valence-electron chi connectivity index (χ1n) is 6.16. The predicted octanol–water partition coefficient (Wildman–Crippen LogP) is 4.80. The van der Waals surface area contributed by atoms with Crippen LogP contribution in [0, 0.1) is 6.92 Å². The van der Waals surface area contributed by atoms with E-state index in [1.807, 2.05) is 35.8 Å². The summed E-state index contributed by atoms with van der Waals surface area (Å²) in [6.45, 7) is 2.55. The zero-order valence-corrected chi connectivity index (χ0v) is 11.3. The van der Waals surface area contributed by atoms with Crippen molar-refractivity contribution in [3.63, 3.8) is 0 Å². The SMILES string of the molecule is Cc1c([O])c2ccc(Cl)cc2n1Cc1ccccc1. The number of aromatic nitrogens is 1. The average Bonchev–Trinajstić information content (AvgIpc) is 2.65. The normalized spacial score (nSPS) is 11.1. The second-order valence-electron chi connectivity index (χ2n) is 4.65. The maximum atomic E-state index is 12.2. The van der Waals surface area contributed by atoms with Gasteiger partial charge in [-0.1, -0.05) is 41.9 Å². The van der Waals surface area contributed by atoms with Crippen LogP contribution in [0.5, 0.6) is 5.75 Å². The Kier molecular flexibility index (Phi) is 2.96. The van der Waals surface area contributed by atoms with Gasteiger partial charge in [-0.2, -0.15) is 0 Å². The van der Waals surface area contributed by atoms with Gasteiger partial charge in [-0.05, 0) is 30.7 Å². The molecular weight excluding hydrogens is 258 g/mol. The first-order valence-corrected chi connectivity index (χ1v) is 6.54. The summed E-state index contributed by atoms with van der Waals surface area (Å²) in [6.07, 6.45) is 0. The lowest BCUT2D eigenvalue weighted by Crippen LogP contribution is -2.01. The van der Waals surface area contributed by atoms with E-state index in [9.17, 15) is 5.11 Å². The highest BCUT2D eigenvalue weighted by molar-refractivity contribution is 6.31. The first-order chi connectivity index (χ1) is 9.16. The van der Waals surface area contributed by atoms with Gasteiger partial charge in [0.15, 0.2) is 0 Å². The Morgan fingerprint density at radius 2 is 1.84 bits per heavy atom. The summed E-state index contributed by atoms with van der Waals surface area (Å²) in [5, 5.41) is 13.6. The molecule has 0 amide bonds. The summed E-state index contributed by atoms with van der Waals surface area (Å²) in [4.78, 5) is 0. The Hall–Kier alpha value is -1.93. The molecule has 1 radical (unpaired) electrons. The zero-order valence-electron chi connectivity index (χ0n) is 10.6. The van der Waals surface area contributed by atoms with E-state index >= 15 is 0 Å². The molecule has 3 aromatic rings. The molecule has 0 atom stereocenters. The van der Waals surface area contributed by atoms with Gasteiger partial charge < -0.3 is 4.57 Å². The Labute approximate surface area is 116 Å². The molecule has 3 rings (SSSR count). The topological polar surface area (TPSA) is 24.8 Å². The zero-order chi connectivity index (χ0) is 13.4. The number of rotatable bonds is 2. The molecular formula is C16H13ClNO. The number of fused-ring (bicyclic) bond motifs is 1. The van der Waals surface area contributed by atoms with Crippen LogP contribution in [0.2, 0.25) is 5.02 Å². The van der Waals surface area contributed by atoms with E-state index in [1.165, 1.54) is 5.56 Å². The van der Waals surface area contributed by atoms with Crippen LogP contribution in [0.4, 0.5) is 0 Å². The summed E-state index contributed by atoms with van der Waals surface area (Å²) in [6, 6.07) is 15.5. The summed E-state index contributed by atoms with van der Waals surface area (Å²) < 4.78 is 2.03. The van der Waals surface area contributed by atoms with Crippen LogP contribution in [0.25, 0.3) is 10.9 Å². The summed E-state index contributed by atoms with van der Waals surface area (Å²) >= 11 is 6.04. The third-order valence-corrected chi connectivity index (χ3v) is 3.65. The second kappa shape index (κ2) is 4.63. The van der Waals surface area contributed by atoms with Crippen LogP contribution in [0.3, 0.4) is 0 Å². The quantitative estimate of drug-likeness (QED) is 0.639. The number of nitrogens with zero attached hydrogens (tertiary/aromatic N) is 1. The van der Waals surface area contributed by atoms with Gasteiger partial charge in [-0.15, -0.1) is 0 Å². The van der Waals surface area contributed by atoms with Crippen molar-refractivity contribution < 1.29 is 5.11 Å². The maximum absolute atomic E-state index is 12.2. The molecule has 0 unspecified atom stereocenters. The molecule has 95 valence electrons. The summed E-state index contributed by atoms with van der Waals surface area (Å²) in [5.74, 6) is 0.0857. The van der Waals surface area contributed by atoms with E-state index in [4.69, 9.17) is 11.6 Å². The van der Waals surface area contributed by atoms with Crippen molar-refractivity contribution >= 4 is 22.5 Å². The van der Waals surface area contributed by atoms with Crippen LogP contribution in [-0.4, -0.2) is 4.57 Å². The molecule has 3 heteroatoms. The first kappa shape index (κ1) is 12.1. The van der Waals surface area contributed by atoms with Crippen molar-refractivity contribution in [1.82, 2.24) is 4.57 Å². The van der Waals surface area contributed by atoms with E-state index in [1.54, 1.807) is 12.1 Å². The smallest absolute Gasteiger partial charge is 0.206 e. The largest absolute Gasteiger partial charge is 0.337 e. The lowest BCUT2D eigenvalue weighted by molar-refractivity contribution is 0.355. The second-order valence-corrected chi connectivity index (χ2v) is 5.08. The van der Waals surface area contributed by atoms with E-state index in [0.29, 0.717) is 11.6 Å². The van der Waals surface area contributed by atoms with E-state index < -0.39 is 0 Å². The Bertz CT molecular complexity index is 731. The molecule has 2 aromatic carbocycles. The highest BCUT2D eigenvalue weighted by atomic mass is 35.5. The fraction of sp³-hybridized carbons (Fsp3) is 0.125. The van der Waals surface area contributed by atoms with Crippen LogP contribution >= 0.6 is 11.6 Å². The minimum atomic E-state index is 0.0857. The molecule has 1 heterocycles. The van der Waals surface area contributed by atoms with Gasteiger partial charge in [0.1, 0.15) is 0 Å². The van der Waals surface area contributed by atoms with Crippen LogP contribution in [0.15, 0.2) is 48.5 Å². The molecule has 0 N–H and O–H groups in total. The number of halogens is 1. The van der Waals surface area contributed by atoms with Gasteiger partial charge in [-0.25, -0.2) is 0 Å². The van der Waals surface area contributed by atoms with E-state index in [2.05, 4.69) is 12.1 Å². The number of hydrogen-bond acceptors (Lipinski definition) is 0. The molecule has 0 saturated heterocycles. The van der Waals surface area contributed by atoms with Gasteiger partial charge in [0.05, 0.1) is 11.2 Å². The molecule has 0 saturated carbocycles. The molecule has 0 aliphatic rings. The monoisotopic (exact) mass is 270 g/mol. The molecule has 19 heavy (non-hydrogen) atoms. The van der Waals surface area contributed by atoms with Crippen molar-refractivity contribution in [2.24, 2.45) is 0 Å². The molecule has 0 aliphatic heterocycles. The van der Waals surface area contributed by atoms with Gasteiger partial charge in [0.25, 0.3) is 0 Å². The summed E-state index contributed by atoms with van der Waals surface area (Å²) in [7, 11) is 0. The van der Waals surface area contributed by atoms with Crippen LogP contribution in [0.1, 0.15) is 11.3 Å². The van der Waals surface area contributed by atoms with Crippen molar-refractivity contribution in [3.05, 3.63) is 64.8 Å². The van der Waals surface area contributed by atoms with Gasteiger partial charge >= 0.3 is 0 Å². The number of hydrogen-bond donors (Lipinski definition) is 0. The standard InChI is InChI=1S/C16H13ClNO/c1-11-16(19)14-8-7-13(17)9-15(14)18(11)10-12-5-3-2-4-6-12/h2-9H,10H2,1H3. The highest BCUT2D eigenvalue weighted by Crippen LogP contribution is 2.34. The fourth-order valence-electron chi connectivity index (χ4n) is 2.39. The molecule has 0 fully saturated rings. The minimum absolute atomic E-state index is 0.0857. The van der Waals surface area contributed by atoms with Gasteiger partial charge in [0.2, 0.25) is 5.75 Å². The Balaban J connectivity index is 2.17. The average molecular weight is 271 g/mol. The lowest BCUT2D eigenvalue weighted by Gasteiger charge is -2.08. The third-order valence-electron chi connectivity index (χ3n) is 3.41. The third kappa shape index (κ3) is 2.08.